The molecule has 0 N–H and O–H groups in total. The number of carbonyl (C=O) groups is 2. The second kappa shape index (κ2) is 9.17. The highest BCUT2D eigenvalue weighted by molar-refractivity contribution is 8.05. The molecule has 0 saturated carbocycles. The number of thioether (sulfide) groups is 1. The van der Waals surface area contributed by atoms with Crippen LogP contribution in [0.25, 0.3) is 0 Å². The van der Waals surface area contributed by atoms with Gasteiger partial charge in [-0.05, 0) is 50.1 Å². The first-order chi connectivity index (χ1) is 13.9. The van der Waals surface area contributed by atoms with E-state index >= 15 is 0 Å². The van der Waals surface area contributed by atoms with E-state index in [0.29, 0.717) is 22.2 Å². The molecular formula is C22H19ClN2O3S. The lowest BCUT2D eigenvalue weighted by Crippen LogP contribution is -2.30. The minimum Gasteiger partial charge on any atom is -0.462 e. The highest BCUT2D eigenvalue weighted by Gasteiger charge is 2.41. The molecule has 1 saturated heterocycles. The Kier molecular flexibility index (Phi) is 6.63. The number of anilines is 1. The normalized spacial score (nSPS) is 17.8. The van der Waals surface area contributed by atoms with Crippen molar-refractivity contribution in [3.05, 3.63) is 75.3 Å². The van der Waals surface area contributed by atoms with E-state index in [0.717, 1.165) is 11.1 Å². The van der Waals surface area contributed by atoms with Crippen LogP contribution in [0.15, 0.2) is 59.1 Å². The SMILES string of the molecule is CCOC(=O)/C(C#N)=C1\S[C@H](Cc2cccc(Cl)c2)C(=O)N1c1ccc(C)cc1. The summed E-state index contributed by atoms with van der Waals surface area (Å²) in [5.74, 6) is -0.920. The van der Waals surface area contributed by atoms with Crippen LogP contribution in [-0.4, -0.2) is 23.7 Å². The van der Waals surface area contributed by atoms with Crippen molar-refractivity contribution in [1.29, 1.82) is 5.26 Å². The third-order valence-electron chi connectivity index (χ3n) is 4.36. The van der Waals surface area contributed by atoms with E-state index in [1.54, 1.807) is 25.1 Å². The zero-order valence-corrected chi connectivity index (χ0v) is 17.6. The van der Waals surface area contributed by atoms with Crippen molar-refractivity contribution in [2.24, 2.45) is 0 Å². The summed E-state index contributed by atoms with van der Waals surface area (Å²) in [6.45, 7) is 3.76. The zero-order chi connectivity index (χ0) is 21.0. The molecule has 1 heterocycles. The van der Waals surface area contributed by atoms with Crippen LogP contribution >= 0.6 is 23.4 Å². The Hall–Kier alpha value is -2.75. The van der Waals surface area contributed by atoms with E-state index in [1.807, 2.05) is 43.3 Å². The van der Waals surface area contributed by atoms with Gasteiger partial charge in [0.1, 0.15) is 11.1 Å². The molecule has 1 atom stereocenters. The molecule has 0 aliphatic carbocycles. The topological polar surface area (TPSA) is 70.4 Å². The molecule has 1 aliphatic heterocycles. The Balaban J connectivity index is 2.03. The molecule has 29 heavy (non-hydrogen) atoms. The Morgan fingerprint density at radius 2 is 2.00 bits per heavy atom. The number of halogens is 1. The quantitative estimate of drug-likeness (QED) is 0.395. The Morgan fingerprint density at radius 3 is 2.62 bits per heavy atom. The van der Waals surface area contributed by atoms with E-state index in [-0.39, 0.29) is 18.1 Å². The molecule has 3 rings (SSSR count). The van der Waals surface area contributed by atoms with Crippen LogP contribution in [0, 0.1) is 18.3 Å². The van der Waals surface area contributed by atoms with Gasteiger partial charge in [-0.15, -0.1) is 0 Å². The molecule has 1 aliphatic rings. The predicted octanol–water partition coefficient (Wildman–Crippen LogP) is 4.64. The lowest BCUT2D eigenvalue weighted by molar-refractivity contribution is -0.138. The average Bonchev–Trinajstić information content (AvgIpc) is 2.99. The van der Waals surface area contributed by atoms with Crippen LogP contribution in [0.2, 0.25) is 5.02 Å². The number of nitriles is 1. The zero-order valence-electron chi connectivity index (χ0n) is 16.0. The summed E-state index contributed by atoms with van der Waals surface area (Å²) in [4.78, 5) is 27.0. The Labute approximate surface area is 178 Å². The van der Waals surface area contributed by atoms with Gasteiger partial charge in [-0.25, -0.2) is 4.79 Å². The molecule has 1 fully saturated rings. The van der Waals surface area contributed by atoms with Crippen molar-refractivity contribution in [3.8, 4) is 6.07 Å². The highest BCUT2D eigenvalue weighted by Crippen LogP contribution is 2.42. The fraction of sp³-hybridized carbons (Fsp3) is 0.227. The largest absolute Gasteiger partial charge is 0.462 e. The van der Waals surface area contributed by atoms with Crippen LogP contribution < -0.4 is 4.90 Å². The summed E-state index contributed by atoms with van der Waals surface area (Å²) in [6, 6.07) is 16.6. The molecule has 7 heteroatoms. The van der Waals surface area contributed by atoms with Gasteiger partial charge < -0.3 is 4.74 Å². The molecule has 0 aromatic heterocycles. The number of ether oxygens (including phenoxy) is 1. The van der Waals surface area contributed by atoms with Crippen molar-refractivity contribution in [3.63, 3.8) is 0 Å². The van der Waals surface area contributed by atoms with Crippen LogP contribution in [0.3, 0.4) is 0 Å². The minimum atomic E-state index is -0.731. The summed E-state index contributed by atoms with van der Waals surface area (Å²) in [5, 5.41) is 10.0. The minimum absolute atomic E-state index is 0.145. The molecule has 5 nitrogen and oxygen atoms in total. The van der Waals surface area contributed by atoms with Crippen molar-refractivity contribution in [2.75, 3.05) is 11.5 Å². The van der Waals surface area contributed by atoms with E-state index < -0.39 is 11.2 Å². The number of hydrogen-bond donors (Lipinski definition) is 0. The number of rotatable bonds is 5. The van der Waals surface area contributed by atoms with Crippen molar-refractivity contribution < 1.29 is 14.3 Å². The first-order valence-corrected chi connectivity index (χ1v) is 10.3. The molecule has 0 bridgehead atoms. The van der Waals surface area contributed by atoms with Crippen LogP contribution in [0.5, 0.6) is 0 Å². The fourth-order valence-corrected chi connectivity index (χ4v) is 4.49. The van der Waals surface area contributed by atoms with Gasteiger partial charge in [0.2, 0.25) is 5.91 Å². The van der Waals surface area contributed by atoms with Gasteiger partial charge in [0, 0.05) is 10.7 Å². The number of hydrogen-bond acceptors (Lipinski definition) is 5. The average molecular weight is 427 g/mol. The van der Waals surface area contributed by atoms with Gasteiger partial charge in [-0.1, -0.05) is 53.2 Å². The van der Waals surface area contributed by atoms with Gasteiger partial charge in [0.15, 0.2) is 5.57 Å². The number of aryl methyl sites for hydroxylation is 1. The smallest absolute Gasteiger partial charge is 0.351 e. The maximum atomic E-state index is 13.3. The number of amides is 1. The van der Waals surface area contributed by atoms with E-state index in [2.05, 4.69) is 0 Å². The summed E-state index contributed by atoms with van der Waals surface area (Å²) in [6.07, 6.45) is 0.428. The summed E-state index contributed by atoms with van der Waals surface area (Å²) in [5.41, 5.74) is 2.39. The van der Waals surface area contributed by atoms with Gasteiger partial charge in [0.05, 0.1) is 11.9 Å². The van der Waals surface area contributed by atoms with Gasteiger partial charge >= 0.3 is 5.97 Å². The first kappa shape index (κ1) is 21.0. The molecule has 2 aromatic rings. The summed E-state index contributed by atoms with van der Waals surface area (Å²) >= 11 is 7.27. The number of carbonyl (C=O) groups excluding carboxylic acids is 2. The van der Waals surface area contributed by atoms with Crippen LogP contribution in [-0.2, 0) is 20.7 Å². The third-order valence-corrected chi connectivity index (χ3v) is 5.86. The first-order valence-electron chi connectivity index (χ1n) is 9.07. The molecule has 1 amide bonds. The fourth-order valence-electron chi connectivity index (χ4n) is 2.98. The monoisotopic (exact) mass is 426 g/mol. The second-order valence-corrected chi connectivity index (χ2v) is 8.09. The van der Waals surface area contributed by atoms with Crippen molar-refractivity contribution in [1.82, 2.24) is 0 Å². The molecule has 2 aromatic carbocycles. The van der Waals surface area contributed by atoms with E-state index in [9.17, 15) is 14.9 Å². The predicted molar refractivity (Wildman–Crippen MR) is 114 cm³/mol. The summed E-state index contributed by atoms with van der Waals surface area (Å²) in [7, 11) is 0. The standard InChI is InChI=1S/C22H19ClN2O3S/c1-3-28-22(27)18(13-24)21-25(17-9-7-14(2)8-10-17)20(26)19(29-21)12-15-5-4-6-16(23)11-15/h4-11,19H,3,12H2,1-2H3/b21-18-/t19-/m1/s1. The maximum Gasteiger partial charge on any atom is 0.351 e. The van der Waals surface area contributed by atoms with Gasteiger partial charge in [-0.3, -0.25) is 9.69 Å². The van der Waals surface area contributed by atoms with E-state index in [1.165, 1.54) is 16.7 Å². The number of nitrogens with zero attached hydrogens (tertiary/aromatic N) is 2. The lowest BCUT2D eigenvalue weighted by atomic mass is 10.1. The van der Waals surface area contributed by atoms with Crippen LogP contribution in [0.1, 0.15) is 18.1 Å². The Morgan fingerprint density at radius 1 is 1.28 bits per heavy atom. The van der Waals surface area contributed by atoms with Crippen molar-refractivity contribution in [2.45, 2.75) is 25.5 Å². The molecular weight excluding hydrogens is 408 g/mol. The van der Waals surface area contributed by atoms with Gasteiger partial charge in [-0.2, -0.15) is 5.26 Å². The molecule has 0 unspecified atom stereocenters. The molecule has 148 valence electrons. The molecule has 0 radical (unpaired) electrons. The van der Waals surface area contributed by atoms with Crippen LogP contribution in [0.4, 0.5) is 5.69 Å². The lowest BCUT2D eigenvalue weighted by Gasteiger charge is -2.18. The summed E-state index contributed by atoms with van der Waals surface area (Å²) < 4.78 is 5.03. The third kappa shape index (κ3) is 4.64. The number of benzene rings is 2. The van der Waals surface area contributed by atoms with E-state index in [4.69, 9.17) is 16.3 Å². The number of esters is 1. The second-order valence-electron chi connectivity index (χ2n) is 6.46. The van der Waals surface area contributed by atoms with Crippen molar-refractivity contribution >= 4 is 40.9 Å². The highest BCUT2D eigenvalue weighted by atomic mass is 35.5. The van der Waals surface area contributed by atoms with Gasteiger partial charge in [0.25, 0.3) is 0 Å². The molecule has 0 spiro atoms. The Bertz CT molecular complexity index is 1010. The maximum absolute atomic E-state index is 13.3.